The first-order chi connectivity index (χ1) is 18.4. The summed E-state index contributed by atoms with van der Waals surface area (Å²) in [4.78, 5) is 44.5. The molecule has 0 saturated carbocycles. The molecule has 2 aromatic heterocycles. The summed E-state index contributed by atoms with van der Waals surface area (Å²) in [6, 6.07) is 9.14. The zero-order chi connectivity index (χ0) is 27.7. The summed E-state index contributed by atoms with van der Waals surface area (Å²) in [6.07, 6.45) is 3.46. The summed E-state index contributed by atoms with van der Waals surface area (Å²) in [6.45, 7) is -0.150. The molecule has 4 heterocycles. The number of fused-ring (bicyclic) bond motifs is 9. The Morgan fingerprint density at radius 3 is 2.59 bits per heavy atom. The van der Waals surface area contributed by atoms with Gasteiger partial charge in [0.1, 0.15) is 17.2 Å². The van der Waals surface area contributed by atoms with Gasteiger partial charge in [0.25, 0.3) is 5.91 Å². The smallest absolute Gasteiger partial charge is 0.434 e. The van der Waals surface area contributed by atoms with E-state index in [2.05, 4.69) is 15.3 Å². The van der Waals surface area contributed by atoms with Crippen molar-refractivity contribution in [3.63, 3.8) is 0 Å². The number of aromatic nitrogens is 4. The summed E-state index contributed by atoms with van der Waals surface area (Å²) in [7, 11) is -4.77. The Morgan fingerprint density at radius 1 is 1.15 bits per heavy atom. The highest BCUT2D eigenvalue weighted by molar-refractivity contribution is 7.46. The molecule has 2 aliphatic heterocycles. The van der Waals surface area contributed by atoms with Crippen molar-refractivity contribution < 1.29 is 37.2 Å². The number of phosphoric ester groups is 1. The molecule has 2 aromatic carbocycles. The van der Waals surface area contributed by atoms with Gasteiger partial charge in [0.15, 0.2) is 5.82 Å². The maximum Gasteiger partial charge on any atom is 0.470 e. The van der Waals surface area contributed by atoms with Crippen LogP contribution in [0.5, 0.6) is 5.75 Å². The minimum absolute atomic E-state index is 0.0571. The van der Waals surface area contributed by atoms with Crippen molar-refractivity contribution in [3.05, 3.63) is 71.6 Å². The molecule has 0 saturated heterocycles. The van der Waals surface area contributed by atoms with Gasteiger partial charge in [-0.25, -0.2) is 19.5 Å². The third-order valence-corrected chi connectivity index (χ3v) is 7.53. The third kappa shape index (κ3) is 4.47. The summed E-state index contributed by atoms with van der Waals surface area (Å²) in [5.74, 6) is 0.267. The van der Waals surface area contributed by atoms with Gasteiger partial charge >= 0.3 is 14.4 Å². The minimum Gasteiger partial charge on any atom is -0.434 e. The van der Waals surface area contributed by atoms with Gasteiger partial charge in [-0.1, -0.05) is 12.1 Å². The average Bonchev–Trinajstić information content (AvgIpc) is 3.34. The highest BCUT2D eigenvalue weighted by Crippen LogP contribution is 2.48. The van der Waals surface area contributed by atoms with Crippen molar-refractivity contribution >= 4 is 24.8 Å². The Kier molecular flexibility index (Phi) is 5.81. The van der Waals surface area contributed by atoms with E-state index in [1.54, 1.807) is 12.1 Å². The van der Waals surface area contributed by atoms with E-state index in [0.29, 0.717) is 28.9 Å². The lowest BCUT2D eigenvalue weighted by Crippen LogP contribution is -2.28. The summed E-state index contributed by atoms with van der Waals surface area (Å²) < 4.78 is 49.4. The number of imidazole rings is 1. The fraction of sp³-hybridized carbons (Fsp3) is 0.280. The van der Waals surface area contributed by atoms with Gasteiger partial charge in [-0.15, -0.1) is 0 Å². The Hall–Kier alpha value is -3.77. The standard InChI is InChI=1S/C25H22F2N5O6P/c1-25(2,38-39(34,35)36)23-28-10-13(11-29-23)12-6-7-15-17(8-12)32-18-9-16(21(32)30-15)31-22(33)14-4-3-5-19(20(14)18)37-24(26)27/h3-8,10-11,16,18,24H,9H2,1-2H3,(H,31,33)(H2,34,35,36)/t16-,18-/m1/s1. The fourth-order valence-electron chi connectivity index (χ4n) is 5.32. The molecule has 2 bridgehead atoms. The van der Waals surface area contributed by atoms with Crippen LogP contribution in [0.2, 0.25) is 0 Å². The molecular weight excluding hydrogens is 535 g/mol. The van der Waals surface area contributed by atoms with Crippen molar-refractivity contribution in [2.75, 3.05) is 0 Å². The van der Waals surface area contributed by atoms with Crippen molar-refractivity contribution in [1.82, 2.24) is 24.8 Å². The molecule has 0 aliphatic carbocycles. The zero-order valence-corrected chi connectivity index (χ0v) is 21.5. The van der Waals surface area contributed by atoms with Gasteiger partial charge < -0.3 is 24.4 Å². The maximum atomic E-state index is 13.2. The van der Waals surface area contributed by atoms with Crippen LogP contribution in [-0.4, -0.2) is 41.8 Å². The van der Waals surface area contributed by atoms with Crippen LogP contribution < -0.4 is 10.1 Å². The van der Waals surface area contributed by atoms with Crippen LogP contribution in [0.4, 0.5) is 8.78 Å². The van der Waals surface area contributed by atoms with Crippen LogP contribution in [0.3, 0.4) is 0 Å². The highest BCUT2D eigenvalue weighted by atomic mass is 31.2. The van der Waals surface area contributed by atoms with E-state index in [0.717, 1.165) is 11.1 Å². The summed E-state index contributed by atoms with van der Waals surface area (Å²) >= 11 is 0. The fourth-order valence-corrected chi connectivity index (χ4v) is 5.99. The van der Waals surface area contributed by atoms with E-state index >= 15 is 0 Å². The second-order valence-corrected chi connectivity index (χ2v) is 11.0. The number of rotatable bonds is 6. The number of nitrogens with one attached hydrogen (secondary N) is 1. The summed E-state index contributed by atoms with van der Waals surface area (Å²) in [5.41, 5.74) is 1.94. The molecule has 11 nitrogen and oxygen atoms in total. The van der Waals surface area contributed by atoms with Gasteiger partial charge in [-0.3, -0.25) is 9.32 Å². The van der Waals surface area contributed by atoms with E-state index in [1.807, 2.05) is 16.7 Å². The van der Waals surface area contributed by atoms with Gasteiger partial charge in [-0.05, 0) is 50.1 Å². The van der Waals surface area contributed by atoms with Crippen LogP contribution in [-0.2, 0) is 14.7 Å². The number of amides is 1. The second kappa shape index (κ2) is 8.88. The first-order valence-corrected chi connectivity index (χ1v) is 13.4. The topological polar surface area (TPSA) is 149 Å². The van der Waals surface area contributed by atoms with Crippen molar-refractivity contribution in [1.29, 1.82) is 0 Å². The highest BCUT2D eigenvalue weighted by Gasteiger charge is 2.42. The van der Waals surface area contributed by atoms with E-state index in [-0.39, 0.29) is 23.0 Å². The Bertz CT molecular complexity index is 1670. The van der Waals surface area contributed by atoms with E-state index in [1.165, 1.54) is 38.4 Å². The number of alkyl halides is 2. The number of carbonyl (C=O) groups excluding carboxylic acids is 1. The predicted octanol–water partition coefficient (Wildman–Crippen LogP) is 4.22. The van der Waals surface area contributed by atoms with E-state index < -0.39 is 32.1 Å². The second-order valence-electron chi connectivity index (χ2n) is 9.80. The van der Waals surface area contributed by atoms with Gasteiger partial charge in [-0.2, -0.15) is 8.78 Å². The molecule has 0 spiro atoms. The van der Waals surface area contributed by atoms with Crippen LogP contribution in [0, 0.1) is 0 Å². The molecule has 39 heavy (non-hydrogen) atoms. The average molecular weight is 557 g/mol. The predicted molar refractivity (Wildman–Crippen MR) is 133 cm³/mol. The van der Waals surface area contributed by atoms with Gasteiger partial charge in [0.2, 0.25) is 0 Å². The lowest BCUT2D eigenvalue weighted by Gasteiger charge is -2.23. The molecule has 6 rings (SSSR count). The monoisotopic (exact) mass is 557 g/mol. The quantitative estimate of drug-likeness (QED) is 0.296. The lowest BCUT2D eigenvalue weighted by atomic mass is 9.97. The summed E-state index contributed by atoms with van der Waals surface area (Å²) in [5, 5.41) is 2.95. The molecule has 0 radical (unpaired) electrons. The first-order valence-electron chi connectivity index (χ1n) is 11.9. The molecule has 0 fully saturated rings. The molecule has 202 valence electrons. The Labute approximate surface area is 220 Å². The number of benzene rings is 2. The molecule has 4 aromatic rings. The number of halogens is 2. The number of carbonyl (C=O) groups is 1. The molecule has 14 heteroatoms. The Balaban J connectivity index is 1.43. The van der Waals surface area contributed by atoms with E-state index in [9.17, 15) is 27.9 Å². The molecule has 2 aliphatic rings. The maximum absolute atomic E-state index is 13.2. The third-order valence-electron chi connectivity index (χ3n) is 6.84. The van der Waals surface area contributed by atoms with Gasteiger partial charge in [0, 0.05) is 29.1 Å². The SMILES string of the molecule is CC(C)(OP(=O)(O)O)c1ncc(-c2ccc3nc4n(c3c2)[C@@H]2C[C@H]4NC(=O)c3cccc(OC(F)F)c32)cn1. The van der Waals surface area contributed by atoms with Crippen molar-refractivity contribution in [2.24, 2.45) is 0 Å². The van der Waals surface area contributed by atoms with Crippen molar-refractivity contribution in [2.45, 2.75) is 44.6 Å². The minimum atomic E-state index is -4.77. The number of ether oxygens (including phenoxy) is 1. The van der Waals surface area contributed by atoms with Crippen molar-refractivity contribution in [3.8, 4) is 16.9 Å². The van der Waals surface area contributed by atoms with Gasteiger partial charge in [0.05, 0.1) is 23.1 Å². The molecular formula is C25H22F2N5O6P. The lowest BCUT2D eigenvalue weighted by molar-refractivity contribution is -0.0507. The Morgan fingerprint density at radius 2 is 1.90 bits per heavy atom. The first kappa shape index (κ1) is 25.5. The molecule has 2 atom stereocenters. The zero-order valence-electron chi connectivity index (χ0n) is 20.6. The number of phosphoric acid groups is 1. The van der Waals surface area contributed by atoms with E-state index in [4.69, 9.17) is 14.2 Å². The van der Waals surface area contributed by atoms with Crippen LogP contribution in [0.1, 0.15) is 59.9 Å². The number of hydrogen-bond donors (Lipinski definition) is 3. The molecule has 0 unspecified atom stereocenters. The van der Waals surface area contributed by atoms with Crippen LogP contribution in [0.25, 0.3) is 22.2 Å². The molecule has 3 N–H and O–H groups in total. The number of hydrogen-bond acceptors (Lipinski definition) is 7. The largest absolute Gasteiger partial charge is 0.470 e. The molecule has 1 amide bonds. The van der Waals surface area contributed by atoms with Crippen LogP contribution in [0.15, 0.2) is 48.8 Å². The number of nitrogens with zero attached hydrogens (tertiary/aromatic N) is 4. The van der Waals surface area contributed by atoms with Crippen LogP contribution >= 0.6 is 7.82 Å². The normalized spacial score (nSPS) is 18.6.